The van der Waals surface area contributed by atoms with Crippen LogP contribution in [-0.4, -0.2) is 32.8 Å². The van der Waals surface area contributed by atoms with Crippen molar-refractivity contribution < 1.29 is 21.9 Å². The summed E-state index contributed by atoms with van der Waals surface area (Å²) in [7, 11) is -4.31. The Labute approximate surface area is 122 Å². The topological polar surface area (TPSA) is 72.8 Å². The Morgan fingerprint density at radius 1 is 1.30 bits per heavy atom. The van der Waals surface area contributed by atoms with Gasteiger partial charge in [0.25, 0.3) is 0 Å². The van der Waals surface area contributed by atoms with Crippen molar-refractivity contribution in [1.82, 2.24) is 0 Å². The molecule has 3 atom stereocenters. The number of ether oxygens (including phenoxy) is 1. The van der Waals surface area contributed by atoms with E-state index in [9.17, 15) is 8.42 Å². The highest BCUT2D eigenvalue weighted by Crippen LogP contribution is 2.50. The van der Waals surface area contributed by atoms with Crippen LogP contribution in [0.25, 0.3) is 0 Å². The molecular weight excluding hydrogens is 280 g/mol. The minimum Gasteiger partial charge on any atom is -0.381 e. The van der Waals surface area contributed by atoms with E-state index in [0.717, 1.165) is 18.4 Å². The second kappa shape index (κ2) is 6.73. The predicted molar refractivity (Wildman–Crippen MR) is 75.7 cm³/mol. The summed E-state index contributed by atoms with van der Waals surface area (Å²) in [5, 5.41) is 0. The molecule has 5 nitrogen and oxygen atoms in total. The molecule has 20 heavy (non-hydrogen) atoms. The summed E-state index contributed by atoms with van der Waals surface area (Å²) in [5.74, 6) is 1.67. The largest absolute Gasteiger partial charge is 0.397 e. The van der Waals surface area contributed by atoms with Crippen LogP contribution in [0.15, 0.2) is 0 Å². The molecule has 1 N–H and O–H groups in total. The Balaban J connectivity index is 1.67. The lowest BCUT2D eigenvalue weighted by molar-refractivity contribution is -0.0377. The maximum absolute atomic E-state index is 10.4. The summed E-state index contributed by atoms with van der Waals surface area (Å²) in [4.78, 5) is 0. The molecule has 0 aromatic rings. The zero-order chi connectivity index (χ0) is 14.6. The minimum absolute atomic E-state index is 0.0230. The van der Waals surface area contributed by atoms with Crippen molar-refractivity contribution in [3.8, 4) is 0 Å². The highest BCUT2D eigenvalue weighted by atomic mass is 32.3. The van der Waals surface area contributed by atoms with E-state index >= 15 is 0 Å². The standard InChI is InChI=1S/C14H26O5S/c1-12-8-13-4-2-5-14(9-12,10-13)11-18-6-3-7-19-20(15,16)17/h12-13H,2-11H2,1H3,(H,15,16,17). The quantitative estimate of drug-likeness (QED) is 0.578. The molecule has 2 saturated carbocycles. The number of fused-ring (bicyclic) bond motifs is 2. The van der Waals surface area contributed by atoms with Gasteiger partial charge in [-0.15, -0.1) is 0 Å². The first kappa shape index (κ1) is 16.2. The average molecular weight is 306 g/mol. The second-order valence-corrected chi connectivity index (χ2v) is 7.75. The minimum atomic E-state index is -4.31. The Morgan fingerprint density at radius 2 is 2.10 bits per heavy atom. The fourth-order valence-corrected chi connectivity index (χ4v) is 4.49. The first-order chi connectivity index (χ1) is 9.39. The van der Waals surface area contributed by atoms with Gasteiger partial charge < -0.3 is 4.74 Å². The number of hydrogen-bond acceptors (Lipinski definition) is 4. The summed E-state index contributed by atoms with van der Waals surface area (Å²) >= 11 is 0. The maximum atomic E-state index is 10.4. The normalized spacial score (nSPS) is 34.1. The molecule has 2 fully saturated rings. The third-order valence-corrected chi connectivity index (χ3v) is 5.10. The Bertz CT molecular complexity index is 404. The van der Waals surface area contributed by atoms with Gasteiger partial charge in [-0.25, -0.2) is 4.18 Å². The van der Waals surface area contributed by atoms with Gasteiger partial charge >= 0.3 is 10.4 Å². The number of rotatable bonds is 7. The molecule has 0 heterocycles. The molecule has 0 saturated heterocycles. The van der Waals surface area contributed by atoms with Gasteiger partial charge in [-0.1, -0.05) is 19.8 Å². The predicted octanol–water partition coefficient (Wildman–Crippen LogP) is 2.82. The van der Waals surface area contributed by atoms with E-state index in [0.29, 0.717) is 18.4 Å². The molecule has 0 radical (unpaired) electrons. The third kappa shape index (κ3) is 4.98. The van der Waals surface area contributed by atoms with Crippen molar-refractivity contribution in [2.45, 2.75) is 51.9 Å². The van der Waals surface area contributed by atoms with E-state index in [4.69, 9.17) is 9.29 Å². The summed E-state index contributed by atoms with van der Waals surface area (Å²) in [6.07, 6.45) is 8.33. The van der Waals surface area contributed by atoms with Crippen molar-refractivity contribution >= 4 is 10.4 Å². The van der Waals surface area contributed by atoms with Crippen LogP contribution in [0.4, 0.5) is 0 Å². The molecule has 118 valence electrons. The van der Waals surface area contributed by atoms with Crippen LogP contribution in [0, 0.1) is 17.3 Å². The van der Waals surface area contributed by atoms with Crippen molar-refractivity contribution in [3.05, 3.63) is 0 Å². The molecule has 2 rings (SSSR count). The van der Waals surface area contributed by atoms with Gasteiger partial charge in [0.1, 0.15) is 0 Å². The Hall–Kier alpha value is -0.170. The van der Waals surface area contributed by atoms with Crippen LogP contribution < -0.4 is 0 Å². The molecule has 3 unspecified atom stereocenters. The molecule has 2 aliphatic carbocycles. The van der Waals surface area contributed by atoms with Crippen molar-refractivity contribution in [3.63, 3.8) is 0 Å². The zero-order valence-electron chi connectivity index (χ0n) is 12.2. The van der Waals surface area contributed by atoms with Crippen LogP contribution >= 0.6 is 0 Å². The van der Waals surface area contributed by atoms with Gasteiger partial charge in [-0.2, -0.15) is 8.42 Å². The van der Waals surface area contributed by atoms with Crippen molar-refractivity contribution in [2.75, 3.05) is 19.8 Å². The zero-order valence-corrected chi connectivity index (χ0v) is 13.0. The van der Waals surface area contributed by atoms with E-state index in [1.54, 1.807) is 0 Å². The second-order valence-electron chi connectivity index (χ2n) is 6.66. The van der Waals surface area contributed by atoms with Gasteiger partial charge in [0, 0.05) is 6.61 Å². The van der Waals surface area contributed by atoms with Crippen molar-refractivity contribution in [2.24, 2.45) is 17.3 Å². The van der Waals surface area contributed by atoms with Gasteiger partial charge in [-0.3, -0.25) is 4.55 Å². The highest BCUT2D eigenvalue weighted by molar-refractivity contribution is 7.80. The van der Waals surface area contributed by atoms with E-state index in [1.165, 1.54) is 38.5 Å². The summed E-state index contributed by atoms with van der Waals surface area (Å²) < 4.78 is 39.2. The average Bonchev–Trinajstić information content (AvgIpc) is 2.31. The molecule has 0 aromatic carbocycles. The smallest absolute Gasteiger partial charge is 0.381 e. The molecule has 0 aliphatic heterocycles. The number of hydrogen-bond donors (Lipinski definition) is 1. The first-order valence-electron chi connectivity index (χ1n) is 7.58. The van der Waals surface area contributed by atoms with E-state index < -0.39 is 10.4 Å². The van der Waals surface area contributed by atoms with Gasteiger partial charge in [0.15, 0.2) is 0 Å². The molecule has 6 heteroatoms. The van der Waals surface area contributed by atoms with Crippen LogP contribution in [0.2, 0.25) is 0 Å². The molecule has 2 bridgehead atoms. The molecule has 0 aromatic heterocycles. The monoisotopic (exact) mass is 306 g/mol. The van der Waals surface area contributed by atoms with E-state index in [-0.39, 0.29) is 6.61 Å². The molecular formula is C14H26O5S. The summed E-state index contributed by atoms with van der Waals surface area (Å²) in [6, 6.07) is 0. The SMILES string of the molecule is CC1CC2CCCC(COCCCOS(=O)(=O)O)(C1)C2. The summed E-state index contributed by atoms with van der Waals surface area (Å²) in [6.45, 7) is 3.58. The highest BCUT2D eigenvalue weighted by Gasteiger charge is 2.41. The first-order valence-corrected chi connectivity index (χ1v) is 8.95. The lowest BCUT2D eigenvalue weighted by Crippen LogP contribution is -2.39. The molecule has 0 amide bonds. The van der Waals surface area contributed by atoms with Crippen LogP contribution in [0.5, 0.6) is 0 Å². The van der Waals surface area contributed by atoms with Crippen molar-refractivity contribution in [1.29, 1.82) is 0 Å². The Kier molecular flexibility index (Phi) is 5.45. The fraction of sp³-hybridized carbons (Fsp3) is 1.00. The third-order valence-electron chi connectivity index (χ3n) is 4.63. The molecule has 0 spiro atoms. The van der Waals surface area contributed by atoms with Gasteiger partial charge in [0.2, 0.25) is 0 Å². The van der Waals surface area contributed by atoms with Gasteiger partial charge in [-0.05, 0) is 49.4 Å². The van der Waals surface area contributed by atoms with Crippen LogP contribution in [0.1, 0.15) is 51.9 Å². The van der Waals surface area contributed by atoms with E-state index in [2.05, 4.69) is 11.1 Å². The molecule has 2 aliphatic rings. The van der Waals surface area contributed by atoms with Gasteiger partial charge in [0.05, 0.1) is 13.2 Å². The Morgan fingerprint density at radius 3 is 2.85 bits per heavy atom. The maximum Gasteiger partial charge on any atom is 0.397 e. The summed E-state index contributed by atoms with van der Waals surface area (Å²) in [5.41, 5.74) is 0.352. The van der Waals surface area contributed by atoms with Crippen LogP contribution in [0.3, 0.4) is 0 Å². The van der Waals surface area contributed by atoms with Crippen LogP contribution in [-0.2, 0) is 19.3 Å². The fourth-order valence-electron chi connectivity index (χ4n) is 4.16. The lowest BCUT2D eigenvalue weighted by atomic mass is 9.59. The van der Waals surface area contributed by atoms with E-state index in [1.807, 2.05) is 0 Å². The lowest BCUT2D eigenvalue weighted by Gasteiger charge is -2.47.